The second kappa shape index (κ2) is 7.33. The first-order valence-electron chi connectivity index (χ1n) is 9.92. The molecule has 9 nitrogen and oxygen atoms in total. The highest BCUT2D eigenvalue weighted by molar-refractivity contribution is 5.86. The van der Waals surface area contributed by atoms with Gasteiger partial charge in [0.1, 0.15) is 11.4 Å². The summed E-state index contributed by atoms with van der Waals surface area (Å²) in [7, 11) is 0. The van der Waals surface area contributed by atoms with Gasteiger partial charge in [-0.05, 0) is 48.9 Å². The van der Waals surface area contributed by atoms with Crippen molar-refractivity contribution in [3.8, 4) is 11.4 Å². The number of carbonyl (C=O) groups excluding carboxylic acids is 1. The van der Waals surface area contributed by atoms with Gasteiger partial charge in [0.05, 0.1) is 6.10 Å². The molecule has 1 saturated carbocycles. The molecule has 3 heterocycles. The number of amides is 1. The first-order chi connectivity index (χ1) is 14.6. The Morgan fingerprint density at radius 3 is 2.47 bits per heavy atom. The molecule has 30 heavy (non-hydrogen) atoms. The zero-order valence-corrected chi connectivity index (χ0v) is 16.2. The number of carboxylic acids is 1. The topological polar surface area (TPSA) is 102 Å². The van der Waals surface area contributed by atoms with E-state index in [4.69, 9.17) is 9.84 Å². The lowest BCUT2D eigenvalue weighted by Crippen LogP contribution is -2.34. The van der Waals surface area contributed by atoms with Gasteiger partial charge in [-0.2, -0.15) is 14.9 Å². The fourth-order valence-corrected chi connectivity index (χ4v) is 4.52. The van der Waals surface area contributed by atoms with E-state index in [1.54, 1.807) is 15.8 Å². The van der Waals surface area contributed by atoms with E-state index in [1.807, 2.05) is 36.5 Å². The van der Waals surface area contributed by atoms with Crippen LogP contribution < -0.4 is 4.74 Å². The number of para-hydroxylation sites is 2. The Kier molecular flexibility index (Phi) is 4.50. The molecule has 1 aliphatic carbocycles. The van der Waals surface area contributed by atoms with Gasteiger partial charge >= 0.3 is 12.0 Å². The van der Waals surface area contributed by atoms with Crippen molar-refractivity contribution in [2.24, 2.45) is 11.8 Å². The van der Waals surface area contributed by atoms with E-state index in [2.05, 4.69) is 10.2 Å². The molecule has 2 unspecified atom stereocenters. The number of nitrogens with zero attached hydrogens (tertiary/aromatic N) is 5. The number of likely N-dealkylation sites (tertiary alicyclic amines) is 1. The summed E-state index contributed by atoms with van der Waals surface area (Å²) in [5.74, 6) is 0.391. The molecule has 5 rings (SSSR count). The third-order valence-corrected chi connectivity index (χ3v) is 5.89. The van der Waals surface area contributed by atoms with Gasteiger partial charge in [0.15, 0.2) is 5.69 Å². The molecule has 2 fully saturated rings. The van der Waals surface area contributed by atoms with Gasteiger partial charge in [0.2, 0.25) is 0 Å². The van der Waals surface area contributed by atoms with Crippen molar-refractivity contribution in [2.75, 3.05) is 13.1 Å². The van der Waals surface area contributed by atoms with Crippen molar-refractivity contribution in [2.45, 2.75) is 18.9 Å². The summed E-state index contributed by atoms with van der Waals surface area (Å²) in [6, 6.07) is 10.8. The Balaban J connectivity index is 1.23. The van der Waals surface area contributed by atoms with Crippen LogP contribution in [0.4, 0.5) is 4.79 Å². The van der Waals surface area contributed by atoms with Crippen LogP contribution in [0.2, 0.25) is 0 Å². The maximum Gasteiger partial charge on any atom is 0.356 e. The minimum absolute atomic E-state index is 0.0947. The molecule has 3 atom stereocenters. The van der Waals surface area contributed by atoms with Gasteiger partial charge in [-0.15, -0.1) is 0 Å². The number of aromatic carboxylic acids is 1. The minimum atomic E-state index is -1.14. The van der Waals surface area contributed by atoms with E-state index in [0.29, 0.717) is 24.9 Å². The largest absolute Gasteiger partial charge is 0.488 e. The van der Waals surface area contributed by atoms with Gasteiger partial charge in [-0.25, -0.2) is 14.3 Å². The number of fused-ring (bicyclic) bond motifs is 1. The summed E-state index contributed by atoms with van der Waals surface area (Å²) >= 11 is 0. The van der Waals surface area contributed by atoms with Crippen molar-refractivity contribution in [1.82, 2.24) is 24.5 Å². The summed E-state index contributed by atoms with van der Waals surface area (Å²) in [5, 5.41) is 17.1. The molecule has 1 aliphatic heterocycles. The first kappa shape index (κ1) is 18.4. The molecular formula is C21H21N5O4. The van der Waals surface area contributed by atoms with Crippen LogP contribution in [0.3, 0.4) is 0 Å². The number of rotatable bonds is 4. The summed E-state index contributed by atoms with van der Waals surface area (Å²) in [5.41, 5.74) is 0.774. The van der Waals surface area contributed by atoms with Crippen LogP contribution in [0, 0.1) is 11.8 Å². The Hall–Kier alpha value is -3.62. The van der Waals surface area contributed by atoms with Crippen molar-refractivity contribution in [3.63, 3.8) is 0 Å². The number of carboxylic acid groups (broad SMARTS) is 1. The maximum absolute atomic E-state index is 12.7. The molecule has 3 aromatic rings. The van der Waals surface area contributed by atoms with Crippen molar-refractivity contribution in [1.29, 1.82) is 0 Å². The monoisotopic (exact) mass is 407 g/mol. The van der Waals surface area contributed by atoms with Crippen LogP contribution in [0.25, 0.3) is 5.69 Å². The second-order valence-electron chi connectivity index (χ2n) is 7.79. The highest BCUT2D eigenvalue weighted by Gasteiger charge is 2.43. The second-order valence-corrected chi connectivity index (χ2v) is 7.79. The van der Waals surface area contributed by atoms with Gasteiger partial charge in [0, 0.05) is 31.7 Å². The van der Waals surface area contributed by atoms with E-state index >= 15 is 0 Å². The van der Waals surface area contributed by atoms with E-state index < -0.39 is 5.97 Å². The lowest BCUT2D eigenvalue weighted by Gasteiger charge is -2.20. The Labute approximate surface area is 172 Å². The summed E-state index contributed by atoms with van der Waals surface area (Å²) in [6.45, 7) is 1.26. The van der Waals surface area contributed by atoms with Crippen molar-refractivity contribution < 1.29 is 19.4 Å². The molecule has 0 radical (unpaired) electrons. The molecule has 1 aromatic carbocycles. The summed E-state index contributed by atoms with van der Waals surface area (Å²) in [4.78, 5) is 25.4. The molecule has 9 heteroatoms. The van der Waals surface area contributed by atoms with Gasteiger partial charge in [-0.1, -0.05) is 12.1 Å². The number of carbonyl (C=O) groups is 2. The molecule has 1 N–H and O–H groups in total. The maximum atomic E-state index is 12.7. The molecule has 0 bridgehead atoms. The fraction of sp³-hybridized carbons (Fsp3) is 0.333. The quantitative estimate of drug-likeness (QED) is 0.713. The molecule has 0 spiro atoms. The Morgan fingerprint density at radius 2 is 1.80 bits per heavy atom. The average molecular weight is 407 g/mol. The third-order valence-electron chi connectivity index (χ3n) is 5.89. The number of hydrogen-bond acceptors (Lipinski definition) is 5. The average Bonchev–Trinajstić information content (AvgIpc) is 3.50. The number of aromatic nitrogens is 4. The van der Waals surface area contributed by atoms with E-state index in [1.165, 1.54) is 12.3 Å². The van der Waals surface area contributed by atoms with Crippen LogP contribution in [0.5, 0.6) is 5.75 Å². The Morgan fingerprint density at radius 1 is 1.03 bits per heavy atom. The van der Waals surface area contributed by atoms with Crippen LogP contribution in [0.1, 0.15) is 23.3 Å². The lowest BCUT2D eigenvalue weighted by atomic mass is 10.0. The van der Waals surface area contributed by atoms with Gasteiger partial charge in [0.25, 0.3) is 0 Å². The molecule has 2 aliphatic rings. The highest BCUT2D eigenvalue weighted by Crippen LogP contribution is 2.40. The minimum Gasteiger partial charge on any atom is -0.488 e. The number of ether oxygens (including phenoxy) is 1. The number of hydrogen-bond donors (Lipinski definition) is 1. The number of benzene rings is 1. The van der Waals surface area contributed by atoms with Gasteiger partial charge < -0.3 is 14.7 Å². The van der Waals surface area contributed by atoms with Crippen LogP contribution in [-0.4, -0.2) is 60.8 Å². The molecule has 1 saturated heterocycles. The summed E-state index contributed by atoms with van der Waals surface area (Å²) in [6.07, 6.45) is 6.87. The fourth-order valence-electron chi connectivity index (χ4n) is 4.52. The molecule has 1 amide bonds. The van der Waals surface area contributed by atoms with E-state index in [0.717, 1.165) is 29.0 Å². The zero-order chi connectivity index (χ0) is 20.7. The van der Waals surface area contributed by atoms with Crippen LogP contribution in [-0.2, 0) is 0 Å². The third kappa shape index (κ3) is 3.32. The molecule has 2 aromatic heterocycles. The van der Waals surface area contributed by atoms with Crippen molar-refractivity contribution in [3.05, 3.63) is 60.7 Å². The predicted octanol–water partition coefficient (Wildman–Crippen LogP) is 2.52. The van der Waals surface area contributed by atoms with Crippen LogP contribution in [0.15, 0.2) is 55.0 Å². The predicted molar refractivity (Wildman–Crippen MR) is 106 cm³/mol. The molecular weight excluding hydrogens is 386 g/mol. The normalized spacial score (nSPS) is 22.8. The smallest absolute Gasteiger partial charge is 0.356 e. The van der Waals surface area contributed by atoms with E-state index in [9.17, 15) is 9.59 Å². The van der Waals surface area contributed by atoms with Gasteiger partial charge in [-0.3, -0.25) is 0 Å². The SMILES string of the molecule is O=C(O)c1ccn(C(=O)N2CC3CC(Oc4ccccc4-n4cccn4)C[C@H]3C2)n1. The highest BCUT2D eigenvalue weighted by atomic mass is 16.5. The first-order valence-corrected chi connectivity index (χ1v) is 9.92. The summed E-state index contributed by atoms with van der Waals surface area (Å²) < 4.78 is 9.23. The lowest BCUT2D eigenvalue weighted by molar-refractivity contribution is 0.0690. The van der Waals surface area contributed by atoms with Crippen LogP contribution >= 0.6 is 0 Å². The molecule has 154 valence electrons. The standard InChI is InChI=1S/C21H21N5O4/c27-20(28)17-6-9-26(23-17)21(29)24-12-14-10-16(11-15(14)13-24)30-19-5-2-1-4-18(19)25-8-3-7-22-25/h1-9,14-16H,10-13H2,(H,27,28)/t14-,15?,16?/m0/s1. The van der Waals surface area contributed by atoms with Crippen molar-refractivity contribution >= 4 is 12.0 Å². The van der Waals surface area contributed by atoms with E-state index in [-0.39, 0.29) is 17.8 Å². The Bertz CT molecular complexity index is 1060. The zero-order valence-electron chi connectivity index (χ0n) is 16.2.